The summed E-state index contributed by atoms with van der Waals surface area (Å²) in [5.74, 6) is -0.375. The van der Waals surface area contributed by atoms with Gasteiger partial charge >= 0.3 is 12.2 Å². The molecule has 4 aromatic rings. The lowest BCUT2D eigenvalue weighted by Crippen LogP contribution is -2.44. The molecule has 0 saturated carbocycles. The Labute approximate surface area is 267 Å². The number of amides is 3. The molecule has 3 amide bonds. The fourth-order valence-corrected chi connectivity index (χ4v) is 6.49. The van der Waals surface area contributed by atoms with E-state index in [9.17, 15) is 24.6 Å². The SMILES string of the molecule is C[C@@H](C(=O)Nc1ccc(C[C@@H]2CC[C@H](C(O)c3cccnc3)N2C(=O)O)cc1)N(C)C(=O)OC1c2ccccc2-c2ccccc21. The molecule has 1 fully saturated rings. The van der Waals surface area contributed by atoms with E-state index in [1.807, 2.05) is 60.7 Å². The van der Waals surface area contributed by atoms with Crippen molar-refractivity contribution in [2.45, 2.75) is 56.5 Å². The zero-order chi connectivity index (χ0) is 32.4. The van der Waals surface area contributed by atoms with Crippen LogP contribution < -0.4 is 5.32 Å². The van der Waals surface area contributed by atoms with Crippen molar-refractivity contribution in [3.8, 4) is 11.1 Å². The first-order chi connectivity index (χ1) is 22.2. The van der Waals surface area contributed by atoms with Gasteiger partial charge in [-0.1, -0.05) is 66.7 Å². The number of fused-ring (bicyclic) bond motifs is 3. The molecule has 0 bridgehead atoms. The number of nitrogens with one attached hydrogen (secondary N) is 1. The van der Waals surface area contributed by atoms with E-state index in [2.05, 4.69) is 10.3 Å². The molecule has 10 nitrogen and oxygen atoms in total. The Hall–Kier alpha value is -5.22. The van der Waals surface area contributed by atoms with Gasteiger partial charge in [-0.2, -0.15) is 0 Å². The highest BCUT2D eigenvalue weighted by Gasteiger charge is 2.41. The molecule has 4 atom stereocenters. The quantitative estimate of drug-likeness (QED) is 0.219. The zero-order valence-corrected chi connectivity index (χ0v) is 25.6. The summed E-state index contributed by atoms with van der Waals surface area (Å²) in [4.78, 5) is 45.2. The maximum atomic E-state index is 13.2. The second-order valence-corrected chi connectivity index (χ2v) is 11.8. The zero-order valence-electron chi connectivity index (χ0n) is 25.6. The number of nitrogens with zero attached hydrogens (tertiary/aromatic N) is 3. The van der Waals surface area contributed by atoms with Gasteiger partial charge < -0.3 is 20.3 Å². The number of carboxylic acid groups (broad SMARTS) is 1. The van der Waals surface area contributed by atoms with Crippen molar-refractivity contribution in [2.75, 3.05) is 12.4 Å². The Morgan fingerprint density at radius 3 is 2.22 bits per heavy atom. The van der Waals surface area contributed by atoms with Crippen LogP contribution in [0.1, 0.15) is 54.2 Å². The molecule has 1 unspecified atom stereocenters. The molecular weight excluding hydrogens is 584 g/mol. The number of aliphatic hydroxyl groups excluding tert-OH is 1. The number of aromatic nitrogens is 1. The number of rotatable bonds is 8. The molecule has 2 heterocycles. The van der Waals surface area contributed by atoms with Crippen molar-refractivity contribution in [1.82, 2.24) is 14.8 Å². The maximum absolute atomic E-state index is 13.2. The molecule has 1 saturated heterocycles. The summed E-state index contributed by atoms with van der Waals surface area (Å²) in [6.07, 6.45) is 1.58. The molecule has 3 aromatic carbocycles. The van der Waals surface area contributed by atoms with Crippen LogP contribution in [0.4, 0.5) is 15.3 Å². The lowest BCUT2D eigenvalue weighted by Gasteiger charge is -2.30. The van der Waals surface area contributed by atoms with Crippen LogP contribution >= 0.6 is 0 Å². The lowest BCUT2D eigenvalue weighted by molar-refractivity contribution is -0.120. The standard InChI is InChI=1S/C36H36N4O6/c1-22(39(2)36(45)46-33-29-11-5-3-9-27(29)28-10-4-6-12-30(28)33)34(42)38-25-15-13-23(14-16-25)20-26-17-18-31(40(26)35(43)44)32(41)24-8-7-19-37-21-24/h3-16,19,21-22,26,31-33,41H,17-18,20H2,1-2H3,(H,38,42)(H,43,44)/t22-,26-,31+,32?/m0/s1. The van der Waals surface area contributed by atoms with Crippen molar-refractivity contribution in [1.29, 1.82) is 0 Å². The molecule has 1 aromatic heterocycles. The van der Waals surface area contributed by atoms with Crippen LogP contribution in [0.25, 0.3) is 11.1 Å². The van der Waals surface area contributed by atoms with E-state index in [1.54, 1.807) is 43.6 Å². The Bertz CT molecular complexity index is 1680. The molecule has 2 aliphatic rings. The van der Waals surface area contributed by atoms with Gasteiger partial charge in [0.15, 0.2) is 6.10 Å². The fraction of sp³-hybridized carbons (Fsp3) is 0.278. The highest BCUT2D eigenvalue weighted by atomic mass is 16.6. The summed E-state index contributed by atoms with van der Waals surface area (Å²) in [5.41, 5.74) is 5.90. The van der Waals surface area contributed by atoms with E-state index in [4.69, 9.17) is 4.74 Å². The highest BCUT2D eigenvalue weighted by molar-refractivity contribution is 5.96. The van der Waals surface area contributed by atoms with Crippen molar-refractivity contribution >= 4 is 23.8 Å². The second kappa shape index (κ2) is 13.0. The minimum absolute atomic E-state index is 0.298. The number of pyridine rings is 1. The van der Waals surface area contributed by atoms with Crippen LogP contribution in [-0.4, -0.2) is 68.3 Å². The first-order valence-electron chi connectivity index (χ1n) is 15.3. The van der Waals surface area contributed by atoms with Gasteiger partial charge in [0.2, 0.25) is 5.91 Å². The number of aliphatic hydroxyl groups is 1. The van der Waals surface area contributed by atoms with Crippen molar-refractivity contribution < 1.29 is 29.3 Å². The van der Waals surface area contributed by atoms with Crippen LogP contribution in [0, 0.1) is 0 Å². The first-order valence-corrected chi connectivity index (χ1v) is 15.3. The van der Waals surface area contributed by atoms with Crippen LogP contribution in [0.15, 0.2) is 97.3 Å². The summed E-state index contributed by atoms with van der Waals surface area (Å²) >= 11 is 0. The number of benzene rings is 3. The van der Waals surface area contributed by atoms with Gasteiger partial charge in [0.25, 0.3) is 0 Å². The van der Waals surface area contributed by atoms with Gasteiger partial charge in [0.1, 0.15) is 12.1 Å². The average molecular weight is 621 g/mol. The minimum atomic E-state index is -1.07. The van der Waals surface area contributed by atoms with E-state index in [1.165, 1.54) is 16.8 Å². The summed E-state index contributed by atoms with van der Waals surface area (Å²) < 4.78 is 5.94. The van der Waals surface area contributed by atoms with Crippen LogP contribution in [0.5, 0.6) is 0 Å². The van der Waals surface area contributed by atoms with Gasteiger partial charge in [-0.15, -0.1) is 0 Å². The summed E-state index contributed by atoms with van der Waals surface area (Å²) in [6.45, 7) is 1.64. The normalized spacial score (nSPS) is 18.3. The summed E-state index contributed by atoms with van der Waals surface area (Å²) in [6, 6.07) is 24.6. The number of ether oxygens (including phenoxy) is 1. The van der Waals surface area contributed by atoms with Gasteiger partial charge in [0, 0.05) is 47.9 Å². The number of likely N-dealkylation sites (N-methyl/N-ethyl adjacent to an activating group) is 1. The number of hydrogen-bond donors (Lipinski definition) is 3. The van der Waals surface area contributed by atoms with Crippen LogP contribution in [-0.2, 0) is 16.0 Å². The highest BCUT2D eigenvalue weighted by Crippen LogP contribution is 2.45. The predicted molar refractivity (Wildman–Crippen MR) is 172 cm³/mol. The third-order valence-electron chi connectivity index (χ3n) is 9.09. The van der Waals surface area contributed by atoms with E-state index in [0.29, 0.717) is 30.5 Å². The maximum Gasteiger partial charge on any atom is 0.411 e. The van der Waals surface area contributed by atoms with Crippen molar-refractivity contribution in [2.24, 2.45) is 0 Å². The molecule has 3 N–H and O–H groups in total. The number of hydrogen-bond acceptors (Lipinski definition) is 6. The lowest BCUT2D eigenvalue weighted by atomic mass is 10.0. The third-order valence-corrected chi connectivity index (χ3v) is 9.09. The Morgan fingerprint density at radius 2 is 1.61 bits per heavy atom. The Morgan fingerprint density at radius 1 is 0.957 bits per heavy atom. The van der Waals surface area contributed by atoms with Gasteiger partial charge in [-0.25, -0.2) is 9.59 Å². The fourth-order valence-electron chi connectivity index (χ4n) is 6.49. The molecule has 0 spiro atoms. The van der Waals surface area contributed by atoms with E-state index >= 15 is 0 Å². The largest absolute Gasteiger partial charge is 0.465 e. The monoisotopic (exact) mass is 620 g/mol. The Balaban J connectivity index is 1.06. The molecule has 6 rings (SSSR count). The van der Waals surface area contributed by atoms with Crippen molar-refractivity contribution in [3.63, 3.8) is 0 Å². The molecule has 46 heavy (non-hydrogen) atoms. The minimum Gasteiger partial charge on any atom is -0.465 e. The topological polar surface area (TPSA) is 132 Å². The second-order valence-electron chi connectivity index (χ2n) is 11.8. The number of carbonyl (C=O) groups is 3. The number of likely N-dealkylation sites (tertiary alicyclic amines) is 1. The smallest absolute Gasteiger partial charge is 0.411 e. The summed E-state index contributed by atoms with van der Waals surface area (Å²) in [5, 5.41) is 23.7. The molecular formula is C36H36N4O6. The van der Waals surface area contributed by atoms with Crippen molar-refractivity contribution in [3.05, 3.63) is 120 Å². The third kappa shape index (κ3) is 6.03. The van der Waals surface area contributed by atoms with E-state index < -0.39 is 36.5 Å². The van der Waals surface area contributed by atoms with E-state index in [0.717, 1.165) is 27.8 Å². The number of carbonyl (C=O) groups excluding carboxylic acids is 2. The van der Waals surface area contributed by atoms with Gasteiger partial charge in [-0.3, -0.25) is 19.6 Å². The van der Waals surface area contributed by atoms with E-state index in [-0.39, 0.29) is 11.9 Å². The molecule has 1 aliphatic heterocycles. The van der Waals surface area contributed by atoms with Crippen LogP contribution in [0.2, 0.25) is 0 Å². The molecule has 1 aliphatic carbocycles. The van der Waals surface area contributed by atoms with Crippen LogP contribution in [0.3, 0.4) is 0 Å². The first kappa shape index (κ1) is 30.8. The number of anilines is 1. The predicted octanol–water partition coefficient (Wildman–Crippen LogP) is 6.03. The molecule has 0 radical (unpaired) electrons. The average Bonchev–Trinajstić information content (AvgIpc) is 3.64. The molecule has 236 valence electrons. The Kier molecular flexibility index (Phi) is 8.72. The molecule has 10 heteroatoms. The van der Waals surface area contributed by atoms with Gasteiger partial charge in [0.05, 0.1) is 6.04 Å². The summed E-state index contributed by atoms with van der Waals surface area (Å²) in [7, 11) is 1.54. The van der Waals surface area contributed by atoms with Gasteiger partial charge in [-0.05, 0) is 61.1 Å².